The molecule has 0 aliphatic heterocycles. The van der Waals surface area contributed by atoms with E-state index in [0.29, 0.717) is 22.1 Å². The number of halogens is 1. The van der Waals surface area contributed by atoms with Crippen LogP contribution in [0.1, 0.15) is 11.4 Å². The summed E-state index contributed by atoms with van der Waals surface area (Å²) in [5, 5.41) is 19.4. The van der Waals surface area contributed by atoms with Gasteiger partial charge in [-0.15, -0.1) is 5.10 Å². The van der Waals surface area contributed by atoms with Gasteiger partial charge in [0.2, 0.25) is 0 Å². The summed E-state index contributed by atoms with van der Waals surface area (Å²) in [6.07, 6.45) is 1.43. The number of aryl methyl sites for hydroxylation is 1. The molecule has 2 aromatic carbocycles. The molecule has 0 N–H and O–H groups in total. The highest BCUT2D eigenvalue weighted by atomic mass is 35.5. The third kappa shape index (κ3) is 3.48. The van der Waals surface area contributed by atoms with E-state index in [2.05, 4.69) is 10.2 Å². The first-order valence-electron chi connectivity index (χ1n) is 7.19. The molecule has 0 saturated carbocycles. The lowest BCUT2D eigenvalue weighted by Gasteiger charge is -1.98. The number of hydrogen-bond donors (Lipinski definition) is 0. The molecule has 25 heavy (non-hydrogen) atoms. The summed E-state index contributed by atoms with van der Waals surface area (Å²) in [7, 11) is 0. The first-order valence-corrected chi connectivity index (χ1v) is 7.57. The summed E-state index contributed by atoms with van der Waals surface area (Å²) >= 11 is 5.94. The average Bonchev–Trinajstić information content (AvgIpc) is 2.88. The highest BCUT2D eigenvalue weighted by Gasteiger charge is 2.11. The van der Waals surface area contributed by atoms with Gasteiger partial charge in [0.25, 0.3) is 5.69 Å². The van der Waals surface area contributed by atoms with Crippen molar-refractivity contribution in [3.05, 3.63) is 85.5 Å². The zero-order valence-corrected chi connectivity index (χ0v) is 13.8. The van der Waals surface area contributed by atoms with Gasteiger partial charge in [0.15, 0.2) is 5.82 Å². The van der Waals surface area contributed by atoms with E-state index in [1.54, 1.807) is 43.3 Å². The van der Waals surface area contributed by atoms with Crippen molar-refractivity contribution in [2.75, 3.05) is 0 Å². The van der Waals surface area contributed by atoms with Crippen molar-refractivity contribution in [1.82, 2.24) is 14.5 Å². The van der Waals surface area contributed by atoms with Gasteiger partial charge in [-0.2, -0.15) is 14.5 Å². The highest BCUT2D eigenvalue weighted by molar-refractivity contribution is 6.30. The molecule has 0 bridgehead atoms. The van der Waals surface area contributed by atoms with Crippen molar-refractivity contribution in [1.29, 1.82) is 0 Å². The summed E-state index contributed by atoms with van der Waals surface area (Å²) < 4.78 is 2.34. The molecule has 0 saturated heterocycles. The van der Waals surface area contributed by atoms with E-state index in [9.17, 15) is 14.9 Å². The number of hydrogen-bond acceptors (Lipinski definition) is 5. The van der Waals surface area contributed by atoms with Crippen LogP contribution in [0.25, 0.3) is 5.69 Å². The Kier molecular flexibility index (Phi) is 4.44. The number of nitrogens with zero attached hydrogens (tertiary/aromatic N) is 5. The van der Waals surface area contributed by atoms with E-state index in [4.69, 9.17) is 11.6 Å². The molecule has 0 radical (unpaired) electrons. The van der Waals surface area contributed by atoms with Gasteiger partial charge < -0.3 is 0 Å². The number of nitro groups is 1. The molecule has 0 unspecified atom stereocenters. The molecule has 1 aromatic heterocycles. The van der Waals surface area contributed by atoms with Crippen LogP contribution in [0.4, 0.5) is 5.69 Å². The Morgan fingerprint density at radius 3 is 2.60 bits per heavy atom. The number of non-ortho nitro benzene ring substituents is 1. The topological polar surface area (TPSA) is 95.3 Å². The van der Waals surface area contributed by atoms with Crippen molar-refractivity contribution >= 4 is 23.5 Å². The zero-order valence-electron chi connectivity index (χ0n) is 13.0. The van der Waals surface area contributed by atoms with Gasteiger partial charge in [-0.05, 0) is 42.8 Å². The number of rotatable bonds is 4. The van der Waals surface area contributed by atoms with Crippen molar-refractivity contribution < 1.29 is 4.92 Å². The minimum atomic E-state index is -0.482. The summed E-state index contributed by atoms with van der Waals surface area (Å²) in [5.74, 6) is 0.392. The molecular weight excluding hydrogens is 346 g/mol. The lowest BCUT2D eigenvalue weighted by Crippen LogP contribution is -2.21. The Morgan fingerprint density at radius 1 is 1.24 bits per heavy atom. The Labute approximate surface area is 146 Å². The predicted octanol–water partition coefficient (Wildman–Crippen LogP) is 2.79. The molecule has 0 fully saturated rings. The average molecular weight is 358 g/mol. The fourth-order valence-corrected chi connectivity index (χ4v) is 2.36. The molecule has 0 aliphatic carbocycles. The van der Waals surface area contributed by atoms with Crippen LogP contribution in [-0.4, -0.2) is 25.6 Å². The summed E-state index contributed by atoms with van der Waals surface area (Å²) in [6, 6.07) is 12.6. The molecule has 0 spiro atoms. The number of aromatic nitrogens is 3. The Morgan fingerprint density at radius 2 is 1.96 bits per heavy atom. The maximum absolute atomic E-state index is 12.5. The van der Waals surface area contributed by atoms with E-state index in [1.807, 2.05) is 0 Å². The maximum atomic E-state index is 12.5. The molecule has 3 aromatic rings. The van der Waals surface area contributed by atoms with Crippen molar-refractivity contribution in [2.45, 2.75) is 6.92 Å². The Hall–Kier alpha value is -3.26. The van der Waals surface area contributed by atoms with E-state index < -0.39 is 10.6 Å². The van der Waals surface area contributed by atoms with Crippen LogP contribution in [0.15, 0.2) is 58.4 Å². The van der Waals surface area contributed by atoms with Crippen LogP contribution in [0.3, 0.4) is 0 Å². The van der Waals surface area contributed by atoms with Crippen LogP contribution < -0.4 is 5.69 Å². The second-order valence-electron chi connectivity index (χ2n) is 5.13. The standard InChI is InChI=1S/C16H12ClN5O3/c1-11-19-21(15-4-2-3-13(17)9-15)16(23)20(11)18-10-12-5-7-14(8-6-12)22(24)25/h2-10H,1H3/b18-10+. The van der Waals surface area contributed by atoms with Gasteiger partial charge >= 0.3 is 5.69 Å². The SMILES string of the molecule is Cc1nn(-c2cccc(Cl)c2)c(=O)n1/N=C/c1ccc([N+](=O)[O-])cc1. The molecule has 0 aliphatic rings. The van der Waals surface area contributed by atoms with Gasteiger partial charge in [-0.1, -0.05) is 17.7 Å². The van der Waals surface area contributed by atoms with Gasteiger partial charge in [-0.25, -0.2) is 4.79 Å². The van der Waals surface area contributed by atoms with Gasteiger partial charge in [-0.3, -0.25) is 10.1 Å². The van der Waals surface area contributed by atoms with Crippen molar-refractivity contribution in [3.8, 4) is 5.69 Å². The normalized spacial score (nSPS) is 11.1. The molecule has 3 rings (SSSR count). The molecule has 0 atom stereocenters. The van der Waals surface area contributed by atoms with E-state index in [1.165, 1.54) is 23.0 Å². The predicted molar refractivity (Wildman–Crippen MR) is 93.7 cm³/mol. The van der Waals surface area contributed by atoms with Crippen LogP contribution in [0.5, 0.6) is 0 Å². The van der Waals surface area contributed by atoms with Gasteiger partial charge in [0.1, 0.15) is 0 Å². The lowest BCUT2D eigenvalue weighted by molar-refractivity contribution is -0.384. The van der Waals surface area contributed by atoms with E-state index in [-0.39, 0.29) is 5.69 Å². The second-order valence-corrected chi connectivity index (χ2v) is 5.56. The smallest absolute Gasteiger partial charge is 0.258 e. The fraction of sp³-hybridized carbons (Fsp3) is 0.0625. The van der Waals surface area contributed by atoms with Crippen LogP contribution in [0, 0.1) is 17.0 Å². The molecule has 9 heteroatoms. The Balaban J connectivity index is 1.93. The lowest BCUT2D eigenvalue weighted by atomic mass is 10.2. The summed E-state index contributed by atoms with van der Waals surface area (Å²) in [6.45, 7) is 1.65. The highest BCUT2D eigenvalue weighted by Crippen LogP contribution is 2.13. The third-order valence-corrected chi connectivity index (χ3v) is 3.63. The van der Waals surface area contributed by atoms with Crippen LogP contribution in [0.2, 0.25) is 5.02 Å². The molecular formula is C16H12ClN5O3. The third-order valence-electron chi connectivity index (χ3n) is 3.39. The van der Waals surface area contributed by atoms with Crippen molar-refractivity contribution in [2.24, 2.45) is 5.10 Å². The largest absolute Gasteiger partial charge is 0.371 e. The number of benzene rings is 2. The fourth-order valence-electron chi connectivity index (χ4n) is 2.17. The first-order chi connectivity index (χ1) is 12.0. The second kappa shape index (κ2) is 6.70. The Bertz CT molecular complexity index is 1020. The van der Waals surface area contributed by atoms with E-state index in [0.717, 1.165) is 4.68 Å². The van der Waals surface area contributed by atoms with Crippen molar-refractivity contribution in [3.63, 3.8) is 0 Å². The monoisotopic (exact) mass is 357 g/mol. The van der Waals surface area contributed by atoms with Gasteiger partial charge in [0, 0.05) is 17.2 Å². The minimum Gasteiger partial charge on any atom is -0.258 e. The quantitative estimate of drug-likeness (QED) is 0.407. The van der Waals surface area contributed by atoms with Gasteiger partial charge in [0.05, 0.1) is 16.8 Å². The van der Waals surface area contributed by atoms with E-state index >= 15 is 0 Å². The van der Waals surface area contributed by atoms with Crippen LogP contribution in [-0.2, 0) is 0 Å². The minimum absolute atomic E-state index is 0.0146. The van der Waals surface area contributed by atoms with Crippen LogP contribution >= 0.6 is 11.6 Å². The number of nitro benzene ring substituents is 1. The summed E-state index contributed by atoms with van der Waals surface area (Å²) in [5.41, 5.74) is 0.689. The zero-order chi connectivity index (χ0) is 18.0. The molecule has 8 nitrogen and oxygen atoms in total. The molecule has 0 amide bonds. The first kappa shape index (κ1) is 16.6. The molecule has 126 valence electrons. The summed E-state index contributed by atoms with van der Waals surface area (Å²) in [4.78, 5) is 22.7. The maximum Gasteiger partial charge on any atom is 0.371 e. The molecule has 1 heterocycles.